The number of alkyl halides is 3. The van der Waals surface area contributed by atoms with Crippen molar-refractivity contribution < 1.29 is 21.6 Å². The Balaban J connectivity index is 0.000000297. The molecule has 5 aromatic rings. The summed E-state index contributed by atoms with van der Waals surface area (Å²) in [5.74, 6) is 0. The fraction of sp³-hybridized carbons (Fsp3) is 0.0400. The molecule has 3 aromatic carbocycles. The van der Waals surface area contributed by atoms with Crippen LogP contribution in [0.1, 0.15) is 0 Å². The molecule has 0 bridgehead atoms. The van der Waals surface area contributed by atoms with E-state index in [1.165, 1.54) is 0 Å². The van der Waals surface area contributed by atoms with Gasteiger partial charge in [0, 0.05) is 21.9 Å². The Bertz CT molecular complexity index is 1460. The number of benzene rings is 3. The lowest BCUT2D eigenvalue weighted by atomic mass is 10.1. The first kappa shape index (κ1) is 23.3. The molecule has 0 aliphatic rings. The minimum absolute atomic E-state index is 0.946. The molecule has 0 amide bonds. The molecule has 0 saturated heterocycles. The van der Waals surface area contributed by atoms with Crippen LogP contribution in [-0.4, -0.2) is 23.9 Å². The second-order valence-electron chi connectivity index (χ2n) is 7.32. The van der Waals surface area contributed by atoms with Crippen LogP contribution in [-0.2, 0) is 10.0 Å². The first-order valence-corrected chi connectivity index (χ1v) is 11.6. The number of halogens is 3. The molecule has 0 fully saturated rings. The van der Waals surface area contributed by atoms with Gasteiger partial charge in [-0.3, -0.25) is 0 Å². The van der Waals surface area contributed by atoms with Gasteiger partial charge in [0.05, 0.1) is 22.4 Å². The van der Waals surface area contributed by atoms with Crippen LogP contribution in [0.4, 0.5) is 13.2 Å². The van der Waals surface area contributed by atoms with E-state index >= 15 is 0 Å². The van der Waals surface area contributed by atoms with Gasteiger partial charge in [-0.2, -0.15) is 13.2 Å². The molecule has 2 heterocycles. The summed E-state index contributed by atoms with van der Waals surface area (Å²) >= 11 is 0. The van der Waals surface area contributed by atoms with Gasteiger partial charge >= 0.3 is 15.5 Å². The lowest BCUT2D eigenvalue weighted by Crippen LogP contribution is -2.30. The van der Waals surface area contributed by atoms with Crippen LogP contribution in [0.25, 0.3) is 44.3 Å². The van der Waals surface area contributed by atoms with Crippen LogP contribution >= 0.6 is 0 Å². The van der Waals surface area contributed by atoms with Crippen LogP contribution < -0.4 is 5.14 Å². The van der Waals surface area contributed by atoms with Crippen LogP contribution in [0.2, 0.25) is 0 Å². The highest BCUT2D eigenvalue weighted by atomic mass is 32.2. The summed E-state index contributed by atoms with van der Waals surface area (Å²) in [4.78, 5) is 9.89. The van der Waals surface area contributed by atoms with E-state index < -0.39 is 15.5 Å². The number of aromatic nitrogens is 2. The fourth-order valence-electron chi connectivity index (χ4n) is 3.31. The Hall–Kier alpha value is -3.82. The number of hydrogen-bond donors (Lipinski definition) is 1. The summed E-state index contributed by atoms with van der Waals surface area (Å²) in [6, 6.07) is 33.2. The van der Waals surface area contributed by atoms with Gasteiger partial charge in [-0.25, -0.2) is 23.5 Å². The Labute approximate surface area is 193 Å². The maximum absolute atomic E-state index is 10.8. The Morgan fingerprint density at radius 1 is 0.588 bits per heavy atom. The normalized spacial score (nSPS) is 11.8. The van der Waals surface area contributed by atoms with E-state index in [1.807, 2.05) is 36.4 Å². The summed E-state index contributed by atoms with van der Waals surface area (Å²) in [6.07, 6.45) is 0. The van der Waals surface area contributed by atoms with E-state index in [0.29, 0.717) is 0 Å². The van der Waals surface area contributed by atoms with Crippen molar-refractivity contribution in [3.05, 3.63) is 97.1 Å². The average molecular weight is 481 g/mol. The largest absolute Gasteiger partial charge is 0.511 e. The summed E-state index contributed by atoms with van der Waals surface area (Å²) < 4.78 is 51.2. The molecule has 0 atom stereocenters. The highest BCUT2D eigenvalue weighted by Gasteiger charge is 2.42. The summed E-state index contributed by atoms with van der Waals surface area (Å²) in [7, 11) is -5.34. The molecule has 0 spiro atoms. The van der Waals surface area contributed by atoms with Gasteiger partial charge in [0.2, 0.25) is 0 Å². The molecule has 2 aromatic heterocycles. The van der Waals surface area contributed by atoms with Crippen molar-refractivity contribution in [2.24, 2.45) is 5.14 Å². The molecule has 0 radical (unpaired) electrons. The highest BCUT2D eigenvalue weighted by Crippen LogP contribution is 2.28. The molecule has 0 aliphatic heterocycles. The first-order valence-electron chi connectivity index (χ1n) is 10.0. The number of primary sulfonamides is 1. The predicted octanol–water partition coefficient (Wildman–Crippen LogP) is 5.91. The van der Waals surface area contributed by atoms with E-state index in [2.05, 4.69) is 65.8 Å². The zero-order valence-electron chi connectivity index (χ0n) is 17.6. The molecule has 34 heavy (non-hydrogen) atoms. The first-order chi connectivity index (χ1) is 16.1. The standard InChI is InChI=1S/C24H16N2.CH2F3NO2S/c1-3-7-17(8-4-1)21-15-13-19-11-12-20-14-16-22(18-9-5-2-6-10-18)26-24(20)23(19)25-21;2-1(3,4)8(5,6)7/h1-16H;(H2,5,6,7). The number of nitrogens with zero attached hydrogens (tertiary/aromatic N) is 2. The third-order valence-electron chi connectivity index (χ3n) is 4.98. The van der Waals surface area contributed by atoms with Crippen molar-refractivity contribution in [2.75, 3.05) is 0 Å². The lowest BCUT2D eigenvalue weighted by Gasteiger charge is -2.08. The highest BCUT2D eigenvalue weighted by molar-refractivity contribution is 7.90. The second-order valence-corrected chi connectivity index (χ2v) is 8.88. The number of nitrogens with two attached hydrogens (primary N) is 1. The van der Waals surface area contributed by atoms with Gasteiger partial charge in [0.25, 0.3) is 0 Å². The molecule has 0 saturated carbocycles. The second kappa shape index (κ2) is 9.20. The van der Waals surface area contributed by atoms with E-state index in [0.717, 1.165) is 44.3 Å². The predicted molar refractivity (Wildman–Crippen MR) is 127 cm³/mol. The topological polar surface area (TPSA) is 85.9 Å². The van der Waals surface area contributed by atoms with E-state index in [4.69, 9.17) is 9.97 Å². The number of pyridine rings is 2. The van der Waals surface area contributed by atoms with Crippen molar-refractivity contribution >= 4 is 31.8 Å². The third-order valence-corrected chi connectivity index (χ3v) is 5.63. The molecule has 2 N–H and O–H groups in total. The molecule has 5 rings (SSSR count). The molecule has 9 heteroatoms. The lowest BCUT2D eigenvalue weighted by molar-refractivity contribution is -0.0436. The van der Waals surface area contributed by atoms with Crippen LogP contribution in [0, 0.1) is 0 Å². The van der Waals surface area contributed by atoms with Crippen molar-refractivity contribution in [2.45, 2.75) is 5.51 Å². The van der Waals surface area contributed by atoms with Gasteiger partial charge in [-0.15, -0.1) is 0 Å². The van der Waals surface area contributed by atoms with Gasteiger partial charge < -0.3 is 0 Å². The van der Waals surface area contributed by atoms with Crippen molar-refractivity contribution in [1.29, 1.82) is 0 Å². The van der Waals surface area contributed by atoms with Gasteiger partial charge in [0.1, 0.15) is 0 Å². The van der Waals surface area contributed by atoms with Gasteiger partial charge in [0.15, 0.2) is 0 Å². The number of rotatable bonds is 2. The smallest absolute Gasteiger partial charge is 0.245 e. The quantitative estimate of drug-likeness (QED) is 0.318. The zero-order valence-corrected chi connectivity index (χ0v) is 18.4. The Morgan fingerprint density at radius 2 is 0.912 bits per heavy atom. The maximum Gasteiger partial charge on any atom is 0.511 e. The number of fused-ring (bicyclic) bond motifs is 3. The maximum atomic E-state index is 10.8. The SMILES string of the molecule is NS(=O)(=O)C(F)(F)F.c1ccc(-c2ccc3ccc4ccc(-c5ccccc5)nc4c3n2)cc1. The van der Waals surface area contributed by atoms with Crippen molar-refractivity contribution in [3.8, 4) is 22.5 Å². The summed E-state index contributed by atoms with van der Waals surface area (Å²) in [6.45, 7) is 0. The van der Waals surface area contributed by atoms with Crippen molar-refractivity contribution in [1.82, 2.24) is 9.97 Å². The monoisotopic (exact) mass is 481 g/mol. The van der Waals surface area contributed by atoms with Crippen LogP contribution in [0.3, 0.4) is 0 Å². The van der Waals surface area contributed by atoms with Crippen LogP contribution in [0.15, 0.2) is 97.1 Å². The molecule has 0 unspecified atom stereocenters. The molecular weight excluding hydrogens is 463 g/mol. The third kappa shape index (κ3) is 5.05. The Kier molecular flexibility index (Phi) is 6.32. The van der Waals surface area contributed by atoms with Crippen LogP contribution in [0.5, 0.6) is 0 Å². The average Bonchev–Trinajstić information content (AvgIpc) is 2.83. The molecular formula is C25H18F3N3O2S. The van der Waals surface area contributed by atoms with Gasteiger partial charge in [-0.05, 0) is 12.1 Å². The summed E-state index contributed by atoms with van der Waals surface area (Å²) in [5, 5.41) is 5.87. The molecule has 0 aliphatic carbocycles. The summed E-state index contributed by atoms with van der Waals surface area (Å²) in [5.41, 5.74) is 0.752. The molecule has 5 nitrogen and oxygen atoms in total. The number of sulfonamides is 1. The minimum Gasteiger partial charge on any atom is -0.245 e. The van der Waals surface area contributed by atoms with Crippen molar-refractivity contribution in [3.63, 3.8) is 0 Å². The zero-order chi connectivity index (χ0) is 24.3. The van der Waals surface area contributed by atoms with E-state index in [1.54, 1.807) is 0 Å². The van der Waals surface area contributed by atoms with E-state index in [9.17, 15) is 21.6 Å². The van der Waals surface area contributed by atoms with E-state index in [-0.39, 0.29) is 0 Å². The minimum atomic E-state index is -5.34. The Morgan fingerprint density at radius 3 is 1.24 bits per heavy atom. The number of hydrogen-bond acceptors (Lipinski definition) is 4. The fourth-order valence-corrected chi connectivity index (χ4v) is 3.31. The molecule has 172 valence electrons. The van der Waals surface area contributed by atoms with Gasteiger partial charge in [-0.1, -0.05) is 84.9 Å².